The number of nitrogens with two attached hydrogens (primary N) is 1. The summed E-state index contributed by atoms with van der Waals surface area (Å²) in [5.41, 5.74) is 7.19. The van der Waals surface area contributed by atoms with E-state index in [9.17, 15) is 10.2 Å². The number of rotatable bonds is 6. The van der Waals surface area contributed by atoms with Crippen molar-refractivity contribution in [2.75, 3.05) is 32.0 Å². The van der Waals surface area contributed by atoms with Gasteiger partial charge >= 0.3 is 0 Å². The summed E-state index contributed by atoms with van der Waals surface area (Å²) in [5.74, 6) is 0.620. The number of benzene rings is 1. The molecule has 0 aliphatic carbocycles. The Kier molecular flexibility index (Phi) is 5.91. The number of aliphatic hydroxyl groups is 1. The van der Waals surface area contributed by atoms with Gasteiger partial charge in [0.1, 0.15) is 0 Å². The summed E-state index contributed by atoms with van der Waals surface area (Å²) in [6.07, 6.45) is 2.41. The number of phenols is 1. The molecule has 124 valence electrons. The Bertz CT molecular complexity index is 493. The van der Waals surface area contributed by atoms with Crippen LogP contribution in [-0.4, -0.2) is 47.5 Å². The molecule has 4 N–H and O–H groups in total. The molecule has 0 radical (unpaired) electrons. The zero-order valence-electron chi connectivity index (χ0n) is 13.6. The van der Waals surface area contributed by atoms with Crippen molar-refractivity contribution in [3.05, 3.63) is 17.7 Å². The highest BCUT2D eigenvalue weighted by molar-refractivity contribution is 5.61. The number of anilines is 1. The van der Waals surface area contributed by atoms with Crippen molar-refractivity contribution < 1.29 is 14.9 Å². The molecule has 1 heterocycles. The highest BCUT2D eigenvalue weighted by atomic mass is 16.5. The number of nitrogens with zero attached hydrogens (tertiary/aromatic N) is 1. The van der Waals surface area contributed by atoms with Gasteiger partial charge in [-0.1, -0.05) is 6.92 Å². The van der Waals surface area contributed by atoms with Crippen molar-refractivity contribution in [1.82, 2.24) is 4.90 Å². The van der Waals surface area contributed by atoms with Crippen molar-refractivity contribution in [2.45, 2.75) is 39.2 Å². The topological polar surface area (TPSA) is 79.0 Å². The van der Waals surface area contributed by atoms with E-state index in [1.165, 1.54) is 0 Å². The van der Waals surface area contributed by atoms with E-state index in [2.05, 4.69) is 11.8 Å². The number of nitrogen functional groups attached to an aromatic ring is 1. The average Bonchev–Trinajstić information content (AvgIpc) is 2.48. The molecule has 1 aromatic carbocycles. The maximum absolute atomic E-state index is 10.3. The second kappa shape index (κ2) is 7.70. The van der Waals surface area contributed by atoms with Crippen LogP contribution in [0.2, 0.25) is 0 Å². The molecule has 0 spiro atoms. The average molecular weight is 308 g/mol. The van der Waals surface area contributed by atoms with Gasteiger partial charge < -0.3 is 25.6 Å². The van der Waals surface area contributed by atoms with Crippen molar-refractivity contribution in [3.8, 4) is 11.5 Å². The van der Waals surface area contributed by atoms with E-state index in [1.807, 2.05) is 13.0 Å². The van der Waals surface area contributed by atoms with Crippen LogP contribution in [-0.2, 0) is 6.42 Å². The van der Waals surface area contributed by atoms with Gasteiger partial charge in [0, 0.05) is 19.0 Å². The van der Waals surface area contributed by atoms with Gasteiger partial charge in [-0.2, -0.15) is 0 Å². The van der Waals surface area contributed by atoms with Gasteiger partial charge in [-0.15, -0.1) is 0 Å². The zero-order valence-corrected chi connectivity index (χ0v) is 13.6. The van der Waals surface area contributed by atoms with Crippen LogP contribution >= 0.6 is 0 Å². The first-order chi connectivity index (χ1) is 10.5. The maximum Gasteiger partial charge on any atom is 0.181 e. The summed E-state index contributed by atoms with van der Waals surface area (Å²) < 4.78 is 5.43. The summed E-state index contributed by atoms with van der Waals surface area (Å²) in [4.78, 5) is 2.41. The number of ether oxygens (including phenoxy) is 1. The zero-order chi connectivity index (χ0) is 16.1. The number of hydrogen-bond donors (Lipinski definition) is 3. The van der Waals surface area contributed by atoms with Crippen molar-refractivity contribution in [1.29, 1.82) is 0 Å². The van der Waals surface area contributed by atoms with Crippen molar-refractivity contribution >= 4 is 5.69 Å². The number of likely N-dealkylation sites (tertiary alicyclic amines) is 1. The second-order valence-corrected chi connectivity index (χ2v) is 6.09. The molecule has 22 heavy (non-hydrogen) atoms. The summed E-state index contributed by atoms with van der Waals surface area (Å²) in [6, 6.07) is 3.62. The van der Waals surface area contributed by atoms with E-state index < -0.39 is 0 Å². The van der Waals surface area contributed by atoms with Crippen LogP contribution in [0.1, 0.15) is 32.3 Å². The third-order valence-corrected chi connectivity index (χ3v) is 4.28. The maximum atomic E-state index is 10.3. The van der Waals surface area contributed by atoms with Gasteiger partial charge in [0.25, 0.3) is 0 Å². The van der Waals surface area contributed by atoms with Crippen LogP contribution in [0.25, 0.3) is 0 Å². The predicted octanol–water partition coefficient (Wildman–Crippen LogP) is 2.01. The normalized spacial score (nSPS) is 22.7. The van der Waals surface area contributed by atoms with Gasteiger partial charge in [-0.3, -0.25) is 0 Å². The molecule has 0 bridgehead atoms. The van der Waals surface area contributed by atoms with Crippen molar-refractivity contribution in [2.24, 2.45) is 5.92 Å². The molecule has 2 rings (SSSR count). The minimum absolute atomic E-state index is 0.00222. The van der Waals surface area contributed by atoms with Crippen LogP contribution < -0.4 is 10.5 Å². The summed E-state index contributed by atoms with van der Waals surface area (Å²) in [7, 11) is 0. The first-order valence-electron chi connectivity index (χ1n) is 8.19. The summed E-state index contributed by atoms with van der Waals surface area (Å²) >= 11 is 0. The molecule has 2 atom stereocenters. The van der Waals surface area contributed by atoms with Gasteiger partial charge in [-0.05, 0) is 50.4 Å². The Morgan fingerprint density at radius 3 is 2.82 bits per heavy atom. The van der Waals surface area contributed by atoms with E-state index in [0.29, 0.717) is 18.0 Å². The van der Waals surface area contributed by atoms with E-state index in [-0.39, 0.29) is 17.8 Å². The molecule has 2 unspecified atom stereocenters. The largest absolute Gasteiger partial charge is 0.503 e. The molecule has 0 amide bonds. The second-order valence-electron chi connectivity index (χ2n) is 6.09. The third-order valence-electron chi connectivity index (χ3n) is 4.28. The Hall–Kier alpha value is -1.46. The lowest BCUT2D eigenvalue weighted by molar-refractivity contribution is 0.0270. The molecule has 1 aromatic rings. The fraction of sp³-hybridized carbons (Fsp3) is 0.647. The minimum atomic E-state index is -0.279. The molecule has 0 saturated carbocycles. The lowest BCUT2D eigenvalue weighted by Crippen LogP contribution is -2.44. The smallest absolute Gasteiger partial charge is 0.181 e. The molecular weight excluding hydrogens is 280 g/mol. The first-order valence-corrected chi connectivity index (χ1v) is 8.19. The van der Waals surface area contributed by atoms with Crippen LogP contribution in [0.15, 0.2) is 12.1 Å². The highest BCUT2D eigenvalue weighted by Crippen LogP contribution is 2.35. The molecule has 1 saturated heterocycles. The molecule has 1 aliphatic heterocycles. The molecule has 1 aliphatic rings. The van der Waals surface area contributed by atoms with E-state index in [4.69, 9.17) is 10.5 Å². The predicted molar refractivity (Wildman–Crippen MR) is 88.2 cm³/mol. The molecule has 0 aromatic heterocycles. The Morgan fingerprint density at radius 1 is 1.36 bits per heavy atom. The number of phenolic OH excluding ortho intramolecular Hbond substituents is 1. The number of piperidine rings is 1. The van der Waals surface area contributed by atoms with Gasteiger partial charge in [0.15, 0.2) is 11.5 Å². The summed E-state index contributed by atoms with van der Waals surface area (Å²) in [5, 5.41) is 20.2. The quantitative estimate of drug-likeness (QED) is 0.553. The Morgan fingerprint density at radius 2 is 2.14 bits per heavy atom. The van der Waals surface area contributed by atoms with Gasteiger partial charge in [0.05, 0.1) is 18.4 Å². The van der Waals surface area contributed by atoms with Crippen LogP contribution in [0.4, 0.5) is 5.69 Å². The monoisotopic (exact) mass is 308 g/mol. The van der Waals surface area contributed by atoms with Crippen LogP contribution in [0.5, 0.6) is 11.5 Å². The Labute approximate surface area is 132 Å². The van der Waals surface area contributed by atoms with Gasteiger partial charge in [0.2, 0.25) is 0 Å². The Balaban J connectivity index is 2.11. The van der Waals surface area contributed by atoms with Crippen LogP contribution in [0, 0.1) is 5.92 Å². The fourth-order valence-electron chi connectivity index (χ4n) is 3.19. The van der Waals surface area contributed by atoms with Crippen LogP contribution in [0.3, 0.4) is 0 Å². The number of aliphatic hydroxyl groups excluding tert-OH is 1. The van der Waals surface area contributed by atoms with Crippen molar-refractivity contribution in [3.63, 3.8) is 0 Å². The number of hydrogen-bond acceptors (Lipinski definition) is 5. The molecule has 5 heteroatoms. The minimum Gasteiger partial charge on any atom is -0.503 e. The lowest BCUT2D eigenvalue weighted by Gasteiger charge is -2.36. The number of aromatic hydroxyl groups is 1. The summed E-state index contributed by atoms with van der Waals surface area (Å²) in [6.45, 7) is 7.47. The molecular formula is C17H28N2O3. The SMILES string of the molecule is CCCN1CCC(O)C(Cc2cc(N)c(O)c(OCC)c2)C1. The van der Waals surface area contributed by atoms with E-state index in [1.54, 1.807) is 6.07 Å². The lowest BCUT2D eigenvalue weighted by atomic mass is 9.88. The van der Waals surface area contributed by atoms with E-state index in [0.717, 1.165) is 44.5 Å². The standard InChI is InChI=1S/C17H28N2O3/c1-3-6-19-7-5-15(20)13(11-19)8-12-9-14(18)17(21)16(10-12)22-4-2/h9-10,13,15,20-21H,3-8,11,18H2,1-2H3. The third kappa shape index (κ3) is 4.05. The van der Waals surface area contributed by atoms with Gasteiger partial charge in [-0.25, -0.2) is 0 Å². The van der Waals surface area contributed by atoms with E-state index >= 15 is 0 Å². The molecule has 1 fully saturated rings. The highest BCUT2D eigenvalue weighted by Gasteiger charge is 2.27. The first kappa shape index (κ1) is 16.9. The molecule has 5 nitrogen and oxygen atoms in total. The fourth-order valence-corrected chi connectivity index (χ4v) is 3.19.